The topological polar surface area (TPSA) is 110 Å². The van der Waals surface area contributed by atoms with E-state index in [4.69, 9.17) is 4.98 Å². The molecule has 1 fully saturated rings. The van der Waals surface area contributed by atoms with Crippen molar-refractivity contribution in [3.8, 4) is 28.1 Å². The molecule has 0 bridgehead atoms. The minimum atomic E-state index is -0.449. The summed E-state index contributed by atoms with van der Waals surface area (Å²) in [5, 5.41) is 21.3. The number of non-ortho nitro benzene ring substituents is 1. The number of rotatable bonds is 5. The Morgan fingerprint density at radius 3 is 2.12 bits per heavy atom. The van der Waals surface area contributed by atoms with Gasteiger partial charge in [0.25, 0.3) is 11.2 Å². The SMILES string of the molecule is CN1CCN(c2nc3c(sc4nnc(-c5ccccc5)c(-c5ccccc5)c43)c(=O)n2-c2ccc([N+](=O)[O-])cc2)CC1. The molecule has 0 spiro atoms. The summed E-state index contributed by atoms with van der Waals surface area (Å²) < 4.78 is 2.03. The number of nitro groups is 1. The van der Waals surface area contributed by atoms with Gasteiger partial charge in [-0.3, -0.25) is 14.9 Å². The van der Waals surface area contributed by atoms with Crippen molar-refractivity contribution in [2.75, 3.05) is 38.1 Å². The third-order valence-corrected chi connectivity index (χ3v) is 8.67. The maximum absolute atomic E-state index is 14.4. The van der Waals surface area contributed by atoms with E-state index >= 15 is 0 Å². The zero-order chi connectivity index (χ0) is 28.8. The van der Waals surface area contributed by atoms with E-state index in [-0.39, 0.29) is 11.2 Å². The monoisotopic (exact) mass is 575 g/mol. The summed E-state index contributed by atoms with van der Waals surface area (Å²) in [5.74, 6) is 0.506. The average Bonchev–Trinajstić information content (AvgIpc) is 3.41. The third-order valence-electron chi connectivity index (χ3n) is 7.62. The van der Waals surface area contributed by atoms with E-state index in [1.165, 1.54) is 23.5 Å². The summed E-state index contributed by atoms with van der Waals surface area (Å²) >= 11 is 1.27. The number of thiophene rings is 1. The van der Waals surface area contributed by atoms with Crippen molar-refractivity contribution in [2.45, 2.75) is 0 Å². The molecule has 1 saturated heterocycles. The van der Waals surface area contributed by atoms with Crippen LogP contribution in [0.1, 0.15) is 0 Å². The van der Waals surface area contributed by atoms with E-state index in [0.29, 0.717) is 39.8 Å². The fourth-order valence-corrected chi connectivity index (χ4v) is 6.42. The summed E-state index contributed by atoms with van der Waals surface area (Å²) in [6.45, 7) is 3.00. The smallest absolute Gasteiger partial charge is 0.277 e. The molecule has 0 saturated carbocycles. The third kappa shape index (κ3) is 4.39. The van der Waals surface area contributed by atoms with Crippen LogP contribution < -0.4 is 10.5 Å². The first-order chi connectivity index (χ1) is 20.5. The normalized spacial score (nSPS) is 14.1. The van der Waals surface area contributed by atoms with Crippen LogP contribution >= 0.6 is 11.3 Å². The Labute approximate surface area is 244 Å². The highest BCUT2D eigenvalue weighted by Crippen LogP contribution is 2.42. The first kappa shape index (κ1) is 25.9. The van der Waals surface area contributed by atoms with Gasteiger partial charge in [-0.25, -0.2) is 9.55 Å². The molecule has 11 heteroatoms. The molecule has 10 nitrogen and oxygen atoms in total. The van der Waals surface area contributed by atoms with Crippen LogP contribution in [0.3, 0.4) is 0 Å². The Bertz CT molecular complexity index is 2000. The van der Waals surface area contributed by atoms with E-state index in [9.17, 15) is 14.9 Å². The van der Waals surface area contributed by atoms with E-state index < -0.39 is 4.92 Å². The Morgan fingerprint density at radius 2 is 1.48 bits per heavy atom. The standard InChI is InChI=1S/C31H25N7O3S/c1-35-16-18-36(19-17-35)31-32-27-25-24(20-8-4-2-5-9-20)26(21-10-6-3-7-11-21)33-34-29(25)42-28(27)30(39)37(31)22-12-14-23(15-13-22)38(40)41/h2-15H,16-19H2,1H3. The van der Waals surface area contributed by atoms with Crippen molar-refractivity contribution in [2.24, 2.45) is 0 Å². The fourth-order valence-electron chi connectivity index (χ4n) is 5.42. The maximum Gasteiger partial charge on any atom is 0.277 e. The Hall–Kier alpha value is -5.00. The molecule has 1 aliphatic rings. The van der Waals surface area contributed by atoms with Gasteiger partial charge in [0.1, 0.15) is 20.7 Å². The van der Waals surface area contributed by atoms with Crippen LogP contribution in [0.2, 0.25) is 0 Å². The predicted molar refractivity (Wildman–Crippen MR) is 166 cm³/mol. The fraction of sp³-hybridized carbons (Fsp3) is 0.161. The molecule has 6 aromatic rings. The Balaban J connectivity index is 1.56. The number of aromatic nitrogens is 4. The lowest BCUT2D eigenvalue weighted by Gasteiger charge is -2.34. The zero-order valence-electron chi connectivity index (χ0n) is 22.7. The summed E-state index contributed by atoms with van der Waals surface area (Å²) in [6.07, 6.45) is 0. The maximum atomic E-state index is 14.4. The van der Waals surface area contributed by atoms with Crippen molar-refractivity contribution in [1.82, 2.24) is 24.6 Å². The van der Waals surface area contributed by atoms with E-state index in [1.807, 2.05) is 60.7 Å². The molecule has 1 aliphatic heterocycles. The molecule has 0 unspecified atom stereocenters. The molecule has 4 heterocycles. The first-order valence-electron chi connectivity index (χ1n) is 13.5. The largest absolute Gasteiger partial charge is 0.339 e. The van der Waals surface area contributed by atoms with Crippen molar-refractivity contribution in [3.63, 3.8) is 0 Å². The van der Waals surface area contributed by atoms with Gasteiger partial charge in [-0.2, -0.15) is 0 Å². The van der Waals surface area contributed by atoms with E-state index in [0.717, 1.165) is 40.9 Å². The van der Waals surface area contributed by atoms with Gasteiger partial charge in [-0.1, -0.05) is 60.7 Å². The van der Waals surface area contributed by atoms with Gasteiger partial charge in [-0.05, 0) is 24.7 Å². The lowest BCUT2D eigenvalue weighted by molar-refractivity contribution is -0.384. The minimum absolute atomic E-state index is 0.0416. The van der Waals surface area contributed by atoms with Gasteiger partial charge >= 0.3 is 0 Å². The number of hydrogen-bond acceptors (Lipinski definition) is 9. The number of benzene rings is 3. The number of nitrogens with zero attached hydrogens (tertiary/aromatic N) is 7. The molecule has 208 valence electrons. The Morgan fingerprint density at radius 1 is 0.833 bits per heavy atom. The second-order valence-electron chi connectivity index (χ2n) is 10.2. The molecule has 0 aliphatic carbocycles. The second-order valence-corrected chi connectivity index (χ2v) is 11.2. The quantitative estimate of drug-likeness (QED) is 0.199. The van der Waals surface area contributed by atoms with Crippen molar-refractivity contribution in [1.29, 1.82) is 0 Å². The van der Waals surface area contributed by atoms with Gasteiger partial charge in [-0.15, -0.1) is 21.5 Å². The molecular formula is C31H25N7O3S. The van der Waals surface area contributed by atoms with Gasteiger partial charge in [0.15, 0.2) is 0 Å². The van der Waals surface area contributed by atoms with Crippen molar-refractivity contribution in [3.05, 3.63) is 105 Å². The van der Waals surface area contributed by atoms with Gasteiger partial charge in [0, 0.05) is 54.8 Å². The van der Waals surface area contributed by atoms with E-state index in [2.05, 4.69) is 27.0 Å². The van der Waals surface area contributed by atoms with Gasteiger partial charge in [0.05, 0.1) is 10.6 Å². The molecule has 7 rings (SSSR count). The summed E-state index contributed by atoms with van der Waals surface area (Å²) in [6, 6.07) is 25.9. The highest BCUT2D eigenvalue weighted by Gasteiger charge is 2.27. The molecule has 3 aromatic carbocycles. The van der Waals surface area contributed by atoms with E-state index in [1.54, 1.807) is 16.7 Å². The van der Waals surface area contributed by atoms with Crippen LogP contribution in [0.25, 0.3) is 48.5 Å². The average molecular weight is 576 g/mol. The predicted octanol–water partition coefficient (Wildman–Crippen LogP) is 5.38. The van der Waals surface area contributed by atoms with Crippen molar-refractivity contribution >= 4 is 43.4 Å². The van der Waals surface area contributed by atoms with Crippen LogP contribution in [0.15, 0.2) is 89.7 Å². The van der Waals surface area contributed by atoms with Gasteiger partial charge in [0.2, 0.25) is 5.95 Å². The molecule has 3 aromatic heterocycles. The lowest BCUT2D eigenvalue weighted by atomic mass is 9.97. The van der Waals surface area contributed by atoms with Crippen molar-refractivity contribution < 1.29 is 4.92 Å². The number of likely N-dealkylation sites (N-methyl/N-ethyl adjacent to an activating group) is 1. The number of fused-ring (bicyclic) bond motifs is 3. The van der Waals surface area contributed by atoms with Gasteiger partial charge < -0.3 is 9.80 Å². The highest BCUT2D eigenvalue weighted by molar-refractivity contribution is 7.25. The number of nitro benzene ring substituents is 1. The van der Waals surface area contributed by atoms with Crippen LogP contribution in [-0.4, -0.2) is 62.8 Å². The minimum Gasteiger partial charge on any atom is -0.339 e. The summed E-state index contributed by atoms with van der Waals surface area (Å²) in [4.78, 5) is 35.4. The second kappa shape index (κ2) is 10.4. The number of hydrogen-bond donors (Lipinski definition) is 0. The highest BCUT2D eigenvalue weighted by atomic mass is 32.1. The van der Waals surface area contributed by atoms with Crippen LogP contribution in [0, 0.1) is 10.1 Å². The molecular weight excluding hydrogens is 550 g/mol. The summed E-state index contributed by atoms with van der Waals surface area (Å²) in [7, 11) is 2.07. The van der Waals surface area contributed by atoms with Crippen LogP contribution in [-0.2, 0) is 0 Å². The molecule has 0 N–H and O–H groups in total. The molecule has 0 radical (unpaired) electrons. The number of piperazine rings is 1. The molecule has 0 amide bonds. The lowest BCUT2D eigenvalue weighted by Crippen LogP contribution is -2.46. The van der Waals surface area contributed by atoms with Crippen LogP contribution in [0.4, 0.5) is 11.6 Å². The molecule has 42 heavy (non-hydrogen) atoms. The Kier molecular flexibility index (Phi) is 6.45. The zero-order valence-corrected chi connectivity index (χ0v) is 23.5. The van der Waals surface area contributed by atoms with Crippen LogP contribution in [0.5, 0.6) is 0 Å². The summed E-state index contributed by atoms with van der Waals surface area (Å²) in [5.41, 5.74) is 4.29. The molecule has 0 atom stereocenters. The first-order valence-corrected chi connectivity index (χ1v) is 14.4. The number of anilines is 1.